The van der Waals surface area contributed by atoms with Crippen LogP contribution in [0, 0.1) is 0 Å². The number of benzene rings is 3. The molecular weight excluding hydrogens is 492 g/mol. The van der Waals surface area contributed by atoms with Gasteiger partial charge in [-0.25, -0.2) is 13.8 Å². The molecular formula is C27H30N4O5S. The van der Waals surface area contributed by atoms with Crippen LogP contribution in [-0.2, 0) is 14.6 Å². The second kappa shape index (κ2) is 12.2. The van der Waals surface area contributed by atoms with Crippen LogP contribution >= 0.6 is 0 Å². The first-order valence-corrected chi connectivity index (χ1v) is 13.5. The molecule has 3 aromatic carbocycles. The zero-order chi connectivity index (χ0) is 27.0. The Morgan fingerprint density at radius 3 is 2.35 bits per heavy atom. The Bertz CT molecular complexity index is 1410. The zero-order valence-electron chi connectivity index (χ0n) is 21.1. The molecule has 0 spiro atoms. The van der Waals surface area contributed by atoms with E-state index in [-0.39, 0.29) is 16.5 Å². The number of anilines is 2. The predicted octanol–water partition coefficient (Wildman–Crippen LogP) is 4.08. The monoisotopic (exact) mass is 522 g/mol. The van der Waals surface area contributed by atoms with Crippen LogP contribution in [0.4, 0.5) is 11.4 Å². The average molecular weight is 523 g/mol. The number of carbonyl (C=O) groups excluding carboxylic acids is 2. The molecule has 0 aliphatic rings. The molecule has 1 unspecified atom stereocenters. The molecule has 3 rings (SSSR count). The molecule has 0 aromatic heterocycles. The average Bonchev–Trinajstić information content (AvgIpc) is 2.88. The minimum Gasteiger partial charge on any atom is -0.494 e. The summed E-state index contributed by atoms with van der Waals surface area (Å²) in [7, 11) is -3.57. The van der Waals surface area contributed by atoms with Gasteiger partial charge in [-0.2, -0.15) is 5.10 Å². The highest BCUT2D eigenvalue weighted by Crippen LogP contribution is 2.27. The van der Waals surface area contributed by atoms with Crippen molar-refractivity contribution in [3.05, 3.63) is 83.9 Å². The molecule has 0 saturated carbocycles. The van der Waals surface area contributed by atoms with Crippen molar-refractivity contribution in [1.29, 1.82) is 0 Å². The van der Waals surface area contributed by atoms with E-state index in [9.17, 15) is 18.0 Å². The van der Waals surface area contributed by atoms with Crippen LogP contribution in [0.25, 0.3) is 0 Å². The van der Waals surface area contributed by atoms with E-state index in [4.69, 9.17) is 4.74 Å². The highest BCUT2D eigenvalue weighted by molar-refractivity contribution is 7.90. The lowest BCUT2D eigenvalue weighted by Crippen LogP contribution is -2.35. The summed E-state index contributed by atoms with van der Waals surface area (Å²) in [6.45, 7) is 5.53. The summed E-state index contributed by atoms with van der Waals surface area (Å²) in [6, 6.07) is 19.8. The van der Waals surface area contributed by atoms with E-state index in [1.807, 2.05) is 12.1 Å². The van der Waals surface area contributed by atoms with Crippen molar-refractivity contribution < 1.29 is 22.7 Å². The molecule has 10 heteroatoms. The lowest BCUT2D eigenvalue weighted by atomic mass is 10.1. The first-order chi connectivity index (χ1) is 17.6. The van der Waals surface area contributed by atoms with Gasteiger partial charge in [0.2, 0.25) is 0 Å². The van der Waals surface area contributed by atoms with Crippen LogP contribution in [0.2, 0.25) is 0 Å². The number of nitrogens with one attached hydrogen (secondary N) is 3. The van der Waals surface area contributed by atoms with E-state index in [0.717, 1.165) is 6.26 Å². The van der Waals surface area contributed by atoms with Gasteiger partial charge in [-0.1, -0.05) is 30.3 Å². The molecule has 0 fully saturated rings. The minimum absolute atomic E-state index is 0.0344. The summed E-state index contributed by atoms with van der Waals surface area (Å²) in [4.78, 5) is 25.1. The van der Waals surface area contributed by atoms with E-state index in [2.05, 4.69) is 21.2 Å². The van der Waals surface area contributed by atoms with E-state index < -0.39 is 21.8 Å². The number of sulfone groups is 1. The van der Waals surface area contributed by atoms with Gasteiger partial charge < -0.3 is 15.4 Å². The molecule has 9 nitrogen and oxygen atoms in total. The Kier molecular flexibility index (Phi) is 9.02. The van der Waals surface area contributed by atoms with Gasteiger partial charge in [-0.15, -0.1) is 0 Å². The molecule has 3 aromatic rings. The second-order valence-corrected chi connectivity index (χ2v) is 10.3. The molecule has 0 radical (unpaired) electrons. The Labute approximate surface area is 216 Å². The first kappa shape index (κ1) is 27.4. The van der Waals surface area contributed by atoms with Gasteiger partial charge in [0, 0.05) is 23.6 Å². The van der Waals surface area contributed by atoms with Gasteiger partial charge >= 0.3 is 0 Å². The maximum Gasteiger partial charge on any atom is 0.262 e. The predicted molar refractivity (Wildman–Crippen MR) is 145 cm³/mol. The SMILES string of the molecule is CCOc1ccc(NC(C)C(=O)N/N=C(/C)c2cccc(NC(=O)c3ccccc3)c2)c(S(C)(=O)=O)c1. The van der Waals surface area contributed by atoms with Crippen molar-refractivity contribution in [1.82, 2.24) is 5.43 Å². The molecule has 37 heavy (non-hydrogen) atoms. The molecule has 194 valence electrons. The third-order valence-electron chi connectivity index (χ3n) is 5.34. The second-order valence-electron chi connectivity index (χ2n) is 8.30. The van der Waals surface area contributed by atoms with Gasteiger partial charge in [-0.3, -0.25) is 9.59 Å². The fourth-order valence-corrected chi connectivity index (χ4v) is 4.26. The quantitative estimate of drug-likeness (QED) is 0.272. The number of amides is 2. The number of hydrazone groups is 1. The van der Waals surface area contributed by atoms with Crippen LogP contribution in [0.3, 0.4) is 0 Å². The van der Waals surface area contributed by atoms with Gasteiger partial charge in [0.05, 0.1) is 22.9 Å². The summed E-state index contributed by atoms with van der Waals surface area (Å²) in [5.74, 6) is -0.266. The van der Waals surface area contributed by atoms with Crippen LogP contribution in [0.15, 0.2) is 82.8 Å². The first-order valence-electron chi connectivity index (χ1n) is 11.6. The van der Waals surface area contributed by atoms with Gasteiger partial charge in [0.15, 0.2) is 9.84 Å². The number of hydrogen-bond acceptors (Lipinski definition) is 7. The van der Waals surface area contributed by atoms with E-state index in [1.165, 1.54) is 6.07 Å². The van der Waals surface area contributed by atoms with Gasteiger partial charge in [0.1, 0.15) is 11.8 Å². The summed E-state index contributed by atoms with van der Waals surface area (Å²) in [5, 5.41) is 9.95. The number of carbonyl (C=O) groups is 2. The van der Waals surface area contributed by atoms with Crippen LogP contribution < -0.4 is 20.8 Å². The van der Waals surface area contributed by atoms with Gasteiger partial charge in [0.25, 0.3) is 11.8 Å². The molecule has 3 N–H and O–H groups in total. The van der Waals surface area contributed by atoms with Crippen molar-refractivity contribution in [2.24, 2.45) is 5.10 Å². The number of rotatable bonds is 10. The van der Waals surface area contributed by atoms with E-state index in [1.54, 1.807) is 75.4 Å². The summed E-state index contributed by atoms with van der Waals surface area (Å²) in [6.07, 6.45) is 1.10. The topological polar surface area (TPSA) is 126 Å². The maximum absolute atomic E-state index is 12.7. The molecule has 0 aliphatic heterocycles. The van der Waals surface area contributed by atoms with Gasteiger partial charge in [-0.05, 0) is 62.7 Å². The number of nitrogens with zero attached hydrogens (tertiary/aromatic N) is 1. The normalized spacial score (nSPS) is 12.4. The van der Waals surface area contributed by atoms with Crippen molar-refractivity contribution in [2.75, 3.05) is 23.5 Å². The molecule has 2 amide bonds. The molecule has 0 bridgehead atoms. The standard InChI is InChI=1S/C27H30N4O5S/c1-5-36-23-14-15-24(25(17-23)37(4,34)35)28-19(3)26(32)31-30-18(2)21-12-9-13-22(16-21)29-27(33)20-10-7-6-8-11-20/h6-17,19,28H,5H2,1-4H3,(H,29,33)(H,31,32)/b30-18-. The number of hydrogen-bond donors (Lipinski definition) is 3. The van der Waals surface area contributed by atoms with Crippen LogP contribution in [0.1, 0.15) is 36.7 Å². The fourth-order valence-electron chi connectivity index (χ4n) is 3.40. The Hall–Kier alpha value is -4.18. The highest BCUT2D eigenvalue weighted by Gasteiger charge is 2.19. The molecule has 1 atom stereocenters. The highest BCUT2D eigenvalue weighted by atomic mass is 32.2. The fraction of sp³-hybridized carbons (Fsp3) is 0.222. The van der Waals surface area contributed by atoms with Crippen molar-refractivity contribution in [3.8, 4) is 5.75 Å². The number of ether oxygens (including phenoxy) is 1. The van der Waals surface area contributed by atoms with Crippen LogP contribution in [-0.4, -0.2) is 44.8 Å². The van der Waals surface area contributed by atoms with Crippen molar-refractivity contribution >= 4 is 38.7 Å². The lowest BCUT2D eigenvalue weighted by Gasteiger charge is -2.17. The molecule has 0 aliphatic carbocycles. The summed E-state index contributed by atoms with van der Waals surface area (Å²) in [5.41, 5.74) is 5.15. The summed E-state index contributed by atoms with van der Waals surface area (Å²) < 4.78 is 29.9. The Morgan fingerprint density at radius 1 is 0.973 bits per heavy atom. The third kappa shape index (κ3) is 7.65. The Balaban J connectivity index is 1.67. The zero-order valence-corrected chi connectivity index (χ0v) is 21.9. The Morgan fingerprint density at radius 2 is 1.68 bits per heavy atom. The maximum atomic E-state index is 12.7. The largest absolute Gasteiger partial charge is 0.494 e. The summed E-state index contributed by atoms with van der Waals surface area (Å²) >= 11 is 0. The lowest BCUT2D eigenvalue weighted by molar-refractivity contribution is -0.121. The van der Waals surface area contributed by atoms with Crippen molar-refractivity contribution in [3.63, 3.8) is 0 Å². The van der Waals surface area contributed by atoms with E-state index in [0.29, 0.717) is 34.9 Å². The smallest absolute Gasteiger partial charge is 0.262 e. The van der Waals surface area contributed by atoms with E-state index >= 15 is 0 Å². The molecule has 0 saturated heterocycles. The van der Waals surface area contributed by atoms with Crippen molar-refractivity contribution in [2.45, 2.75) is 31.7 Å². The molecule has 0 heterocycles. The van der Waals surface area contributed by atoms with Crippen LogP contribution in [0.5, 0.6) is 5.75 Å². The minimum atomic E-state index is -3.57. The third-order valence-corrected chi connectivity index (χ3v) is 6.47.